The van der Waals surface area contributed by atoms with E-state index in [1.54, 1.807) is 19.1 Å². The average Bonchev–Trinajstić information content (AvgIpc) is 2.35. The number of nitro groups is 1. The lowest BCUT2D eigenvalue weighted by Gasteiger charge is -2.11. The summed E-state index contributed by atoms with van der Waals surface area (Å²) in [7, 11) is 0. The zero-order chi connectivity index (χ0) is 12.8. The predicted octanol–water partition coefficient (Wildman–Crippen LogP) is 0.773. The molecule has 0 saturated carbocycles. The molecule has 0 saturated heterocycles. The summed E-state index contributed by atoms with van der Waals surface area (Å²) in [5, 5.41) is 13.3. The van der Waals surface area contributed by atoms with Crippen molar-refractivity contribution in [2.24, 2.45) is 5.73 Å². The third kappa shape index (κ3) is 3.53. The average molecular weight is 237 g/mol. The maximum atomic E-state index is 11.6. The summed E-state index contributed by atoms with van der Waals surface area (Å²) in [4.78, 5) is 21.8. The van der Waals surface area contributed by atoms with Crippen molar-refractivity contribution >= 4 is 11.6 Å². The Balaban J connectivity index is 2.81. The van der Waals surface area contributed by atoms with Crippen molar-refractivity contribution in [2.45, 2.75) is 12.8 Å². The van der Waals surface area contributed by atoms with Crippen LogP contribution in [0.15, 0.2) is 24.3 Å². The Morgan fingerprint density at radius 3 is 2.88 bits per heavy atom. The number of carbonyl (C=O) groups is 1. The van der Waals surface area contributed by atoms with Gasteiger partial charge in [-0.25, -0.2) is 0 Å². The fourth-order valence-corrected chi connectivity index (χ4v) is 1.41. The van der Waals surface area contributed by atoms with Gasteiger partial charge < -0.3 is 11.1 Å². The molecule has 0 fully saturated rings. The Labute approximate surface area is 99.0 Å². The normalized spacial score (nSPS) is 11.9. The molecule has 0 aliphatic carbocycles. The van der Waals surface area contributed by atoms with Crippen molar-refractivity contribution in [1.82, 2.24) is 5.32 Å². The Bertz CT molecular complexity index is 420. The van der Waals surface area contributed by atoms with Crippen LogP contribution >= 0.6 is 0 Å². The van der Waals surface area contributed by atoms with Crippen LogP contribution in [-0.4, -0.2) is 23.9 Å². The molecule has 1 rings (SSSR count). The number of hydrogen-bond donors (Lipinski definition) is 2. The molecule has 92 valence electrons. The molecule has 0 aromatic heterocycles. The van der Waals surface area contributed by atoms with Gasteiger partial charge in [-0.05, 0) is 12.5 Å². The molecule has 1 aromatic rings. The van der Waals surface area contributed by atoms with Crippen LogP contribution in [0.2, 0.25) is 0 Å². The number of hydrogen-bond acceptors (Lipinski definition) is 4. The molecule has 1 atom stereocenters. The van der Waals surface area contributed by atoms with Crippen LogP contribution in [0.5, 0.6) is 0 Å². The maximum absolute atomic E-state index is 11.6. The number of nitrogens with one attached hydrogen (secondary N) is 1. The van der Waals surface area contributed by atoms with Gasteiger partial charge in [-0.3, -0.25) is 14.9 Å². The first-order valence-electron chi connectivity index (χ1n) is 5.28. The molecule has 1 amide bonds. The first-order valence-corrected chi connectivity index (χ1v) is 5.28. The second-order valence-electron chi connectivity index (χ2n) is 3.65. The Morgan fingerprint density at radius 1 is 1.59 bits per heavy atom. The highest BCUT2D eigenvalue weighted by atomic mass is 16.6. The second kappa shape index (κ2) is 5.95. The summed E-state index contributed by atoms with van der Waals surface area (Å²) in [5.74, 6) is -0.614. The summed E-state index contributed by atoms with van der Waals surface area (Å²) >= 11 is 0. The van der Waals surface area contributed by atoms with Crippen LogP contribution in [0, 0.1) is 10.1 Å². The molecule has 17 heavy (non-hydrogen) atoms. The van der Waals surface area contributed by atoms with Gasteiger partial charge in [0.15, 0.2) is 0 Å². The highest BCUT2D eigenvalue weighted by Crippen LogP contribution is 2.20. The second-order valence-corrected chi connectivity index (χ2v) is 3.65. The number of carbonyl (C=O) groups excluding carboxylic acids is 1. The lowest BCUT2D eigenvalue weighted by atomic mass is 10.00. The highest BCUT2D eigenvalue weighted by molar-refractivity contribution is 5.83. The molecule has 0 aliphatic heterocycles. The minimum Gasteiger partial charge on any atom is -0.354 e. The van der Waals surface area contributed by atoms with Crippen LogP contribution in [0.25, 0.3) is 0 Å². The topological polar surface area (TPSA) is 98.3 Å². The number of non-ortho nitro benzene ring substituents is 1. The van der Waals surface area contributed by atoms with Gasteiger partial charge in [0.05, 0.1) is 10.8 Å². The molecule has 1 aromatic carbocycles. The summed E-state index contributed by atoms with van der Waals surface area (Å²) in [6, 6.07) is 6.07. The van der Waals surface area contributed by atoms with Gasteiger partial charge in [0.25, 0.3) is 5.69 Å². The Morgan fingerprint density at radius 2 is 2.29 bits per heavy atom. The van der Waals surface area contributed by atoms with Crippen molar-refractivity contribution in [3.8, 4) is 0 Å². The molecule has 6 heteroatoms. The minimum atomic E-state index is -0.478. The largest absolute Gasteiger partial charge is 0.354 e. The van der Waals surface area contributed by atoms with Gasteiger partial charge in [0, 0.05) is 25.2 Å². The molecule has 0 aliphatic rings. The standard InChI is InChI=1S/C11H15N3O3/c1-8(11(15)13-6-5-12)9-3-2-4-10(7-9)14(16)17/h2-4,7-8H,5-6,12H2,1H3,(H,13,15). The molecule has 0 bridgehead atoms. The number of benzene rings is 1. The van der Waals surface area contributed by atoms with Crippen molar-refractivity contribution in [1.29, 1.82) is 0 Å². The third-order valence-electron chi connectivity index (χ3n) is 2.42. The molecular formula is C11H15N3O3. The van der Waals surface area contributed by atoms with E-state index in [9.17, 15) is 14.9 Å². The predicted molar refractivity (Wildman–Crippen MR) is 63.6 cm³/mol. The van der Waals surface area contributed by atoms with Gasteiger partial charge in [0.1, 0.15) is 0 Å². The van der Waals surface area contributed by atoms with E-state index in [1.807, 2.05) is 0 Å². The van der Waals surface area contributed by atoms with Gasteiger partial charge in [-0.2, -0.15) is 0 Å². The lowest BCUT2D eigenvalue weighted by molar-refractivity contribution is -0.384. The summed E-state index contributed by atoms with van der Waals surface area (Å²) in [5.41, 5.74) is 5.88. The van der Waals surface area contributed by atoms with Crippen molar-refractivity contribution in [3.05, 3.63) is 39.9 Å². The van der Waals surface area contributed by atoms with Crippen LogP contribution in [-0.2, 0) is 4.79 Å². The number of nitrogens with zero attached hydrogens (tertiary/aromatic N) is 1. The fraction of sp³-hybridized carbons (Fsp3) is 0.364. The fourth-order valence-electron chi connectivity index (χ4n) is 1.41. The lowest BCUT2D eigenvalue weighted by Crippen LogP contribution is -2.32. The number of nitro benzene ring substituents is 1. The number of nitrogens with two attached hydrogens (primary N) is 1. The van der Waals surface area contributed by atoms with Crippen LogP contribution in [0.1, 0.15) is 18.4 Å². The molecule has 3 N–H and O–H groups in total. The van der Waals surface area contributed by atoms with E-state index in [4.69, 9.17) is 5.73 Å². The molecular weight excluding hydrogens is 222 g/mol. The number of rotatable bonds is 5. The van der Waals surface area contributed by atoms with E-state index in [-0.39, 0.29) is 11.6 Å². The van der Waals surface area contributed by atoms with E-state index in [0.29, 0.717) is 18.7 Å². The van der Waals surface area contributed by atoms with E-state index in [2.05, 4.69) is 5.32 Å². The van der Waals surface area contributed by atoms with Gasteiger partial charge >= 0.3 is 0 Å². The molecule has 1 unspecified atom stereocenters. The maximum Gasteiger partial charge on any atom is 0.269 e. The Kier molecular flexibility index (Phi) is 4.59. The smallest absolute Gasteiger partial charge is 0.269 e. The zero-order valence-corrected chi connectivity index (χ0v) is 9.55. The molecule has 6 nitrogen and oxygen atoms in total. The molecule has 0 heterocycles. The van der Waals surface area contributed by atoms with Gasteiger partial charge in [-0.1, -0.05) is 12.1 Å². The van der Waals surface area contributed by atoms with Crippen molar-refractivity contribution in [3.63, 3.8) is 0 Å². The first-order chi connectivity index (χ1) is 8.06. The van der Waals surface area contributed by atoms with Gasteiger partial charge in [0.2, 0.25) is 5.91 Å². The van der Waals surface area contributed by atoms with Crippen LogP contribution in [0.4, 0.5) is 5.69 Å². The molecule has 0 radical (unpaired) electrons. The summed E-state index contributed by atoms with van der Waals surface area (Å²) in [6.45, 7) is 2.47. The van der Waals surface area contributed by atoms with Crippen molar-refractivity contribution < 1.29 is 9.72 Å². The minimum absolute atomic E-state index is 0.0130. The quantitative estimate of drug-likeness (QED) is 0.583. The van der Waals surface area contributed by atoms with Gasteiger partial charge in [-0.15, -0.1) is 0 Å². The number of amides is 1. The Hall–Kier alpha value is -1.95. The zero-order valence-electron chi connectivity index (χ0n) is 9.55. The van der Waals surface area contributed by atoms with E-state index >= 15 is 0 Å². The highest BCUT2D eigenvalue weighted by Gasteiger charge is 2.16. The monoisotopic (exact) mass is 237 g/mol. The third-order valence-corrected chi connectivity index (χ3v) is 2.42. The summed E-state index contributed by atoms with van der Waals surface area (Å²) in [6.07, 6.45) is 0. The van der Waals surface area contributed by atoms with Crippen molar-refractivity contribution in [2.75, 3.05) is 13.1 Å². The summed E-state index contributed by atoms with van der Waals surface area (Å²) < 4.78 is 0. The molecule has 0 spiro atoms. The SMILES string of the molecule is CC(C(=O)NCCN)c1cccc([N+](=O)[O-])c1. The van der Waals surface area contributed by atoms with Crippen LogP contribution < -0.4 is 11.1 Å². The van der Waals surface area contributed by atoms with E-state index in [1.165, 1.54) is 12.1 Å². The first kappa shape index (κ1) is 13.1. The van der Waals surface area contributed by atoms with E-state index < -0.39 is 10.8 Å². The van der Waals surface area contributed by atoms with Crippen LogP contribution in [0.3, 0.4) is 0 Å². The van der Waals surface area contributed by atoms with E-state index in [0.717, 1.165) is 0 Å².